The molecule has 2 aliphatic carbocycles. The number of hydrogen-bond acceptors (Lipinski definition) is 3. The average Bonchev–Trinajstić information content (AvgIpc) is 3.16. The minimum Gasteiger partial charge on any atom is -0.379 e. The lowest BCUT2D eigenvalue weighted by atomic mass is 9.92. The number of carbonyl (C=O) groups excluding carboxylic acids is 1. The van der Waals surface area contributed by atoms with E-state index in [0.717, 1.165) is 36.1 Å². The smallest absolute Gasteiger partial charge is 0.253 e. The van der Waals surface area contributed by atoms with Crippen molar-refractivity contribution in [1.82, 2.24) is 15.1 Å². The predicted molar refractivity (Wildman–Crippen MR) is 95.2 cm³/mol. The molecule has 0 saturated heterocycles. The largest absolute Gasteiger partial charge is 0.379 e. The van der Waals surface area contributed by atoms with Crippen molar-refractivity contribution < 1.29 is 9.90 Å². The molecular weight excluding hydrogens is 314 g/mol. The summed E-state index contributed by atoms with van der Waals surface area (Å²) < 4.78 is 1.97. The van der Waals surface area contributed by atoms with Gasteiger partial charge < -0.3 is 10.4 Å². The van der Waals surface area contributed by atoms with E-state index in [-0.39, 0.29) is 11.9 Å². The van der Waals surface area contributed by atoms with Crippen molar-refractivity contribution in [3.63, 3.8) is 0 Å². The van der Waals surface area contributed by atoms with Crippen LogP contribution in [0.15, 0.2) is 30.5 Å². The van der Waals surface area contributed by atoms with Crippen molar-refractivity contribution in [1.29, 1.82) is 0 Å². The lowest BCUT2D eigenvalue weighted by Gasteiger charge is -2.27. The van der Waals surface area contributed by atoms with E-state index in [9.17, 15) is 9.90 Å². The van der Waals surface area contributed by atoms with Crippen LogP contribution < -0.4 is 5.32 Å². The number of fused-ring (bicyclic) bond motifs is 2. The first-order valence-corrected chi connectivity index (χ1v) is 9.14. The number of aliphatic hydroxyl groups is 1. The molecule has 2 aromatic rings. The third-order valence-corrected chi connectivity index (χ3v) is 5.45. The Balaban J connectivity index is 1.53. The molecule has 5 nitrogen and oxygen atoms in total. The zero-order chi connectivity index (χ0) is 17.6. The van der Waals surface area contributed by atoms with Crippen LogP contribution in [0.3, 0.4) is 0 Å². The molecule has 1 aromatic heterocycles. The van der Waals surface area contributed by atoms with Gasteiger partial charge in [0.25, 0.3) is 5.91 Å². The van der Waals surface area contributed by atoms with Gasteiger partial charge in [0, 0.05) is 25.1 Å². The summed E-state index contributed by atoms with van der Waals surface area (Å²) >= 11 is 0. The molecule has 4 rings (SSSR count). The van der Waals surface area contributed by atoms with Crippen LogP contribution in [0.25, 0.3) is 0 Å². The van der Waals surface area contributed by atoms with Gasteiger partial charge in [-0.1, -0.05) is 24.3 Å². The standard InChI is InChI=1S/C20H25N3O2/c1-13(2)23-12-16-8-5-9-17(18(16)22-23)21-19(24)20(25)10-14-6-3-4-7-15(14)11-20/h3-4,6-7,12-13,17,25H,5,8-11H2,1-2H3,(H,21,24)/t17-/m0/s1. The summed E-state index contributed by atoms with van der Waals surface area (Å²) in [6.07, 6.45) is 5.77. The van der Waals surface area contributed by atoms with Crippen LogP contribution in [0.5, 0.6) is 0 Å². The fourth-order valence-electron chi connectivity index (χ4n) is 4.02. The first-order valence-electron chi connectivity index (χ1n) is 9.14. The SMILES string of the molecule is CC(C)n1cc2c(n1)[C@@H](NC(=O)C1(O)Cc3ccccc3C1)CCC2. The molecule has 0 radical (unpaired) electrons. The number of nitrogens with zero attached hydrogens (tertiary/aromatic N) is 2. The minimum absolute atomic E-state index is 0.107. The second kappa shape index (κ2) is 5.99. The van der Waals surface area contributed by atoms with Crippen LogP contribution in [0.2, 0.25) is 0 Å². The molecule has 5 heteroatoms. The Hall–Kier alpha value is -2.14. The van der Waals surface area contributed by atoms with E-state index in [1.807, 2.05) is 28.9 Å². The van der Waals surface area contributed by atoms with Crippen molar-refractivity contribution >= 4 is 5.91 Å². The van der Waals surface area contributed by atoms with E-state index in [1.165, 1.54) is 5.56 Å². The molecule has 1 amide bonds. The maximum Gasteiger partial charge on any atom is 0.253 e. The molecule has 2 aliphatic rings. The fraction of sp³-hybridized carbons (Fsp3) is 0.500. The number of hydrogen-bond donors (Lipinski definition) is 2. The molecular formula is C20H25N3O2. The predicted octanol–water partition coefficient (Wildman–Crippen LogP) is 2.49. The topological polar surface area (TPSA) is 67.2 Å². The Morgan fingerprint density at radius 2 is 1.96 bits per heavy atom. The lowest BCUT2D eigenvalue weighted by Crippen LogP contribution is -2.49. The molecule has 0 saturated carbocycles. The van der Waals surface area contributed by atoms with Crippen molar-refractivity contribution in [3.05, 3.63) is 52.8 Å². The Labute approximate surface area is 148 Å². The molecule has 0 unspecified atom stereocenters. The van der Waals surface area contributed by atoms with E-state index in [4.69, 9.17) is 5.10 Å². The maximum absolute atomic E-state index is 12.9. The molecule has 0 aliphatic heterocycles. The van der Waals surface area contributed by atoms with Crippen LogP contribution >= 0.6 is 0 Å². The Morgan fingerprint density at radius 1 is 1.28 bits per heavy atom. The summed E-state index contributed by atoms with van der Waals surface area (Å²) in [6, 6.07) is 8.08. The molecule has 0 spiro atoms. The summed E-state index contributed by atoms with van der Waals surface area (Å²) in [4.78, 5) is 12.9. The zero-order valence-corrected chi connectivity index (χ0v) is 14.8. The average molecular weight is 339 g/mol. The molecule has 25 heavy (non-hydrogen) atoms. The highest BCUT2D eigenvalue weighted by atomic mass is 16.3. The Bertz CT molecular complexity index is 784. The first-order chi connectivity index (χ1) is 12.0. The number of benzene rings is 1. The lowest BCUT2D eigenvalue weighted by molar-refractivity contribution is -0.139. The van der Waals surface area contributed by atoms with Gasteiger partial charge in [-0.15, -0.1) is 0 Å². The summed E-state index contributed by atoms with van der Waals surface area (Å²) in [6.45, 7) is 4.20. The monoisotopic (exact) mass is 339 g/mol. The Kier molecular flexibility index (Phi) is 3.91. The number of aryl methyl sites for hydroxylation is 1. The van der Waals surface area contributed by atoms with Crippen LogP contribution in [0.4, 0.5) is 0 Å². The number of nitrogens with one attached hydrogen (secondary N) is 1. The van der Waals surface area contributed by atoms with Crippen LogP contribution in [-0.2, 0) is 24.1 Å². The van der Waals surface area contributed by atoms with Crippen molar-refractivity contribution in [3.8, 4) is 0 Å². The van der Waals surface area contributed by atoms with Crippen molar-refractivity contribution in [2.75, 3.05) is 0 Å². The van der Waals surface area contributed by atoms with Gasteiger partial charge in [0.05, 0.1) is 11.7 Å². The zero-order valence-electron chi connectivity index (χ0n) is 14.8. The number of amides is 1. The first kappa shape index (κ1) is 16.3. The summed E-state index contributed by atoms with van der Waals surface area (Å²) in [5.41, 5.74) is 2.96. The second-order valence-electron chi connectivity index (χ2n) is 7.69. The molecule has 0 fully saturated rings. The molecule has 1 aromatic carbocycles. The van der Waals surface area contributed by atoms with Gasteiger partial charge in [-0.3, -0.25) is 9.48 Å². The minimum atomic E-state index is -1.35. The van der Waals surface area contributed by atoms with Crippen molar-refractivity contribution in [2.24, 2.45) is 0 Å². The van der Waals surface area contributed by atoms with Crippen molar-refractivity contribution in [2.45, 2.75) is 63.6 Å². The van der Waals surface area contributed by atoms with Gasteiger partial charge in [0.15, 0.2) is 5.60 Å². The molecule has 2 N–H and O–H groups in total. The van der Waals surface area contributed by atoms with Gasteiger partial charge in [-0.25, -0.2) is 0 Å². The molecule has 1 heterocycles. The molecule has 132 valence electrons. The number of rotatable bonds is 3. The number of carbonyl (C=O) groups is 1. The normalized spacial score (nSPS) is 21.0. The highest BCUT2D eigenvalue weighted by Crippen LogP contribution is 2.33. The van der Waals surface area contributed by atoms with Gasteiger partial charge >= 0.3 is 0 Å². The van der Waals surface area contributed by atoms with E-state index >= 15 is 0 Å². The highest BCUT2D eigenvalue weighted by Gasteiger charge is 2.43. The summed E-state index contributed by atoms with van der Waals surface area (Å²) in [5, 5.41) is 18.7. The fourth-order valence-corrected chi connectivity index (χ4v) is 4.02. The quantitative estimate of drug-likeness (QED) is 0.903. The molecule has 1 atom stereocenters. The van der Waals surface area contributed by atoms with Gasteiger partial charge in [-0.05, 0) is 49.8 Å². The van der Waals surface area contributed by atoms with E-state index in [1.54, 1.807) is 0 Å². The number of aromatic nitrogens is 2. The van der Waals surface area contributed by atoms with Gasteiger partial charge in [-0.2, -0.15) is 5.10 Å². The van der Waals surface area contributed by atoms with Gasteiger partial charge in [0.1, 0.15) is 0 Å². The third kappa shape index (κ3) is 2.86. The van der Waals surface area contributed by atoms with Crippen LogP contribution in [0.1, 0.15) is 61.2 Å². The van der Waals surface area contributed by atoms with Gasteiger partial charge in [0.2, 0.25) is 0 Å². The van der Waals surface area contributed by atoms with Crippen LogP contribution in [-0.4, -0.2) is 26.4 Å². The highest BCUT2D eigenvalue weighted by molar-refractivity contribution is 5.87. The summed E-state index contributed by atoms with van der Waals surface area (Å²) in [5.74, 6) is -0.277. The van der Waals surface area contributed by atoms with E-state index in [2.05, 4.69) is 25.4 Å². The van der Waals surface area contributed by atoms with E-state index in [0.29, 0.717) is 18.9 Å². The van der Waals surface area contributed by atoms with E-state index < -0.39 is 5.60 Å². The molecule has 0 bridgehead atoms. The second-order valence-corrected chi connectivity index (χ2v) is 7.69. The maximum atomic E-state index is 12.9. The van der Waals surface area contributed by atoms with Crippen LogP contribution in [0, 0.1) is 0 Å². The summed E-state index contributed by atoms with van der Waals surface area (Å²) in [7, 11) is 0. The Morgan fingerprint density at radius 3 is 2.60 bits per heavy atom. The third-order valence-electron chi connectivity index (χ3n) is 5.45.